The summed E-state index contributed by atoms with van der Waals surface area (Å²) in [6, 6.07) is 16.8. The summed E-state index contributed by atoms with van der Waals surface area (Å²) in [5, 5.41) is 14.4. The van der Waals surface area contributed by atoms with Gasteiger partial charge in [-0.2, -0.15) is 4.57 Å². The SMILES string of the molecule is NC(=O)C[n+]1ccc(SCC2=C(C(=O)O)N3C(=O)[C@@H](NC(=O)CSc4cccc5ccccc45)[C@H]3SC2)cc1. The highest BCUT2D eigenvalue weighted by Gasteiger charge is 2.54. The summed E-state index contributed by atoms with van der Waals surface area (Å²) in [6.07, 6.45) is 3.46. The van der Waals surface area contributed by atoms with Crippen LogP contribution in [0.1, 0.15) is 0 Å². The molecule has 0 bridgehead atoms. The lowest BCUT2D eigenvalue weighted by atomic mass is 10.0. The summed E-state index contributed by atoms with van der Waals surface area (Å²) in [6.45, 7) is 0.0773. The maximum Gasteiger partial charge on any atom is 0.352 e. The number of β-lactam (4-membered cyclic amide) rings is 1. The van der Waals surface area contributed by atoms with Gasteiger partial charge in [0.1, 0.15) is 17.1 Å². The van der Waals surface area contributed by atoms with Crippen molar-refractivity contribution >= 4 is 69.7 Å². The van der Waals surface area contributed by atoms with E-state index in [-0.39, 0.29) is 23.9 Å². The highest BCUT2D eigenvalue weighted by molar-refractivity contribution is 8.01. The number of nitrogens with zero attached hydrogens (tertiary/aromatic N) is 2. The van der Waals surface area contributed by atoms with Crippen molar-refractivity contribution in [3.05, 3.63) is 78.3 Å². The molecule has 9 nitrogen and oxygen atoms in total. The molecule has 2 aliphatic heterocycles. The number of hydrogen-bond donors (Lipinski definition) is 3. The molecule has 4 N–H and O–H groups in total. The Morgan fingerprint density at radius 3 is 2.56 bits per heavy atom. The molecule has 3 amide bonds. The summed E-state index contributed by atoms with van der Waals surface area (Å²) >= 11 is 4.30. The summed E-state index contributed by atoms with van der Waals surface area (Å²) in [7, 11) is 0. The number of carbonyl (C=O) groups excluding carboxylic acids is 3. The number of carboxylic acid groups (broad SMARTS) is 1. The van der Waals surface area contributed by atoms with Crippen molar-refractivity contribution in [2.45, 2.75) is 27.8 Å². The first kappa shape index (κ1) is 27.1. The number of amides is 3. The molecule has 2 aromatic carbocycles. The molecule has 0 aliphatic carbocycles. The molecule has 0 saturated carbocycles. The topological polar surface area (TPSA) is 134 Å². The first-order valence-corrected chi connectivity index (χ1v) is 15.0. The zero-order valence-corrected chi connectivity index (χ0v) is 23.1. The van der Waals surface area contributed by atoms with Crippen LogP contribution < -0.4 is 15.6 Å². The number of primary amides is 1. The van der Waals surface area contributed by atoms with Crippen LogP contribution in [0.5, 0.6) is 0 Å². The fourth-order valence-corrected chi connectivity index (χ4v) is 7.73. The van der Waals surface area contributed by atoms with Gasteiger partial charge >= 0.3 is 5.97 Å². The Labute approximate surface area is 237 Å². The van der Waals surface area contributed by atoms with Gasteiger partial charge < -0.3 is 16.2 Å². The van der Waals surface area contributed by atoms with Crippen LogP contribution >= 0.6 is 35.3 Å². The highest BCUT2D eigenvalue weighted by atomic mass is 32.2. The minimum absolute atomic E-state index is 0.00778. The van der Waals surface area contributed by atoms with E-state index in [1.54, 1.807) is 17.0 Å². The van der Waals surface area contributed by atoms with Crippen LogP contribution in [0, 0.1) is 0 Å². The molecule has 2 atom stereocenters. The largest absolute Gasteiger partial charge is 0.477 e. The van der Waals surface area contributed by atoms with Gasteiger partial charge in [-0.25, -0.2) is 4.79 Å². The van der Waals surface area contributed by atoms with Gasteiger partial charge in [-0.05, 0) is 22.4 Å². The van der Waals surface area contributed by atoms with E-state index in [9.17, 15) is 24.3 Å². The van der Waals surface area contributed by atoms with Crippen molar-refractivity contribution in [3.63, 3.8) is 0 Å². The Hall–Kier alpha value is -3.48. The van der Waals surface area contributed by atoms with E-state index in [1.807, 2.05) is 54.6 Å². The van der Waals surface area contributed by atoms with Crippen LogP contribution in [0.4, 0.5) is 0 Å². The highest BCUT2D eigenvalue weighted by Crippen LogP contribution is 2.41. The third kappa shape index (κ3) is 5.92. The Bertz CT molecular complexity index is 1490. The Morgan fingerprint density at radius 1 is 1.08 bits per heavy atom. The van der Waals surface area contributed by atoms with Crippen LogP contribution in [0.15, 0.2) is 88.1 Å². The molecule has 3 heterocycles. The number of nitrogens with two attached hydrogens (primary N) is 1. The Morgan fingerprint density at radius 2 is 1.82 bits per heavy atom. The van der Waals surface area contributed by atoms with Crippen LogP contribution in [-0.2, 0) is 25.7 Å². The first-order valence-electron chi connectivity index (χ1n) is 12.0. The van der Waals surface area contributed by atoms with Crippen molar-refractivity contribution in [2.24, 2.45) is 5.73 Å². The summed E-state index contributed by atoms with van der Waals surface area (Å²) in [5.74, 6) is -1.31. The van der Waals surface area contributed by atoms with Gasteiger partial charge in [-0.3, -0.25) is 19.3 Å². The third-order valence-electron chi connectivity index (χ3n) is 6.29. The van der Waals surface area contributed by atoms with Gasteiger partial charge in [0.05, 0.1) is 5.75 Å². The zero-order chi connectivity index (χ0) is 27.5. The number of fused-ring (bicyclic) bond motifs is 2. The standard InChI is InChI=1S/C27H24N4O5S3/c28-21(32)12-30-10-8-18(9-11-30)37-13-17-14-39-26-23(25(34)31(26)24(17)27(35)36)29-22(33)15-38-20-7-3-5-16-4-1-2-6-19(16)20/h1-11,23,26H,12-15H2,(H3-,28,29,32,33,35,36)/p+1/t23-,26-/m1/s1. The first-order chi connectivity index (χ1) is 18.8. The van der Waals surface area contributed by atoms with Crippen molar-refractivity contribution in [1.82, 2.24) is 10.2 Å². The van der Waals surface area contributed by atoms with Crippen molar-refractivity contribution < 1.29 is 28.9 Å². The number of carboxylic acids is 1. The van der Waals surface area contributed by atoms with E-state index < -0.39 is 29.2 Å². The number of aromatic nitrogens is 1. The second kappa shape index (κ2) is 11.7. The molecule has 3 aromatic rings. The van der Waals surface area contributed by atoms with Crippen molar-refractivity contribution in [1.29, 1.82) is 0 Å². The quantitative estimate of drug-likeness (QED) is 0.189. The minimum atomic E-state index is -1.16. The number of carbonyl (C=O) groups is 4. The second-order valence-corrected chi connectivity index (χ2v) is 12.1. The van der Waals surface area contributed by atoms with Crippen LogP contribution in [-0.4, -0.2) is 62.4 Å². The fraction of sp³-hybridized carbons (Fsp3) is 0.222. The third-order valence-corrected chi connectivity index (χ3v) is 9.80. The molecule has 5 rings (SSSR count). The number of aliphatic carboxylic acids is 1. The van der Waals surface area contributed by atoms with Crippen molar-refractivity contribution in [2.75, 3.05) is 17.3 Å². The molecule has 1 saturated heterocycles. The smallest absolute Gasteiger partial charge is 0.352 e. The summed E-state index contributed by atoms with van der Waals surface area (Å²) < 4.78 is 1.66. The van der Waals surface area contributed by atoms with Crippen LogP contribution in [0.3, 0.4) is 0 Å². The number of benzene rings is 2. The monoisotopic (exact) mass is 581 g/mol. The lowest BCUT2D eigenvalue weighted by Crippen LogP contribution is -2.70. The molecule has 0 unspecified atom stereocenters. The van der Waals surface area contributed by atoms with Gasteiger partial charge in [0.25, 0.3) is 11.8 Å². The van der Waals surface area contributed by atoms with Crippen LogP contribution in [0.2, 0.25) is 0 Å². The Kier molecular flexibility index (Phi) is 8.15. The predicted molar refractivity (Wildman–Crippen MR) is 151 cm³/mol. The predicted octanol–water partition coefficient (Wildman–Crippen LogP) is 2.24. The van der Waals surface area contributed by atoms with Gasteiger partial charge in [0.15, 0.2) is 12.4 Å². The molecule has 12 heteroatoms. The zero-order valence-electron chi connectivity index (χ0n) is 20.6. The maximum atomic E-state index is 13.0. The van der Waals surface area contributed by atoms with Crippen LogP contribution in [0.25, 0.3) is 10.8 Å². The van der Waals surface area contributed by atoms with Crippen molar-refractivity contribution in [3.8, 4) is 0 Å². The van der Waals surface area contributed by atoms with E-state index in [4.69, 9.17) is 5.73 Å². The molecule has 2 aliphatic rings. The Balaban J connectivity index is 1.20. The van der Waals surface area contributed by atoms with E-state index in [0.29, 0.717) is 17.1 Å². The maximum absolute atomic E-state index is 13.0. The minimum Gasteiger partial charge on any atom is -0.477 e. The molecule has 0 spiro atoms. The van der Waals surface area contributed by atoms with E-state index in [1.165, 1.54) is 40.2 Å². The molecule has 39 heavy (non-hydrogen) atoms. The van der Waals surface area contributed by atoms with Gasteiger partial charge in [-0.15, -0.1) is 35.3 Å². The molecular weight excluding hydrogens is 557 g/mol. The average molecular weight is 582 g/mol. The van der Waals surface area contributed by atoms with Gasteiger partial charge in [0, 0.05) is 33.4 Å². The number of thioether (sulfide) groups is 3. The molecule has 1 fully saturated rings. The van der Waals surface area contributed by atoms with E-state index >= 15 is 0 Å². The molecule has 1 aromatic heterocycles. The number of pyridine rings is 1. The van der Waals surface area contributed by atoms with E-state index in [2.05, 4.69) is 5.32 Å². The number of rotatable bonds is 10. The second-order valence-electron chi connectivity index (χ2n) is 8.94. The molecule has 0 radical (unpaired) electrons. The summed E-state index contributed by atoms with van der Waals surface area (Å²) in [4.78, 5) is 52.1. The average Bonchev–Trinajstić information content (AvgIpc) is 2.93. The fourth-order valence-electron chi connectivity index (χ4n) is 4.47. The van der Waals surface area contributed by atoms with Gasteiger partial charge in [0.2, 0.25) is 12.5 Å². The lowest BCUT2D eigenvalue weighted by molar-refractivity contribution is -0.684. The number of hydrogen-bond acceptors (Lipinski definition) is 7. The van der Waals surface area contributed by atoms with Gasteiger partial charge in [-0.1, -0.05) is 36.4 Å². The van der Waals surface area contributed by atoms with E-state index in [0.717, 1.165) is 20.6 Å². The normalized spacial score (nSPS) is 18.5. The summed E-state index contributed by atoms with van der Waals surface area (Å²) in [5.41, 5.74) is 5.85. The number of nitrogens with one attached hydrogen (secondary N) is 1. The molecule has 200 valence electrons. The lowest BCUT2D eigenvalue weighted by Gasteiger charge is -2.49. The molecular formula is C27H25N4O5S3+.